The average molecular weight is 449 g/mol. The van der Waals surface area contributed by atoms with E-state index in [0.29, 0.717) is 22.8 Å². The summed E-state index contributed by atoms with van der Waals surface area (Å²) in [6.07, 6.45) is -3.02. The fraction of sp³-hybridized carbons (Fsp3) is 0.238. The Bertz CT molecular complexity index is 1070. The summed E-state index contributed by atoms with van der Waals surface area (Å²) in [5, 5.41) is 2.88. The maximum absolute atomic E-state index is 13.1. The summed E-state index contributed by atoms with van der Waals surface area (Å²) in [6.45, 7) is -0.752. The monoisotopic (exact) mass is 449 g/mol. The van der Waals surface area contributed by atoms with Crippen LogP contribution >= 0.6 is 11.8 Å². The molecule has 3 aromatic rings. The van der Waals surface area contributed by atoms with Gasteiger partial charge in [-0.3, -0.25) is 4.79 Å². The molecule has 6 nitrogen and oxygen atoms in total. The number of alkyl halides is 3. The zero-order chi connectivity index (χ0) is 21.8. The van der Waals surface area contributed by atoms with E-state index in [2.05, 4.69) is 10.3 Å². The number of ether oxygens (including phenoxy) is 2. The molecule has 1 aliphatic rings. The molecule has 1 aromatic heterocycles. The molecule has 0 saturated heterocycles. The maximum atomic E-state index is 13.1. The Labute approximate surface area is 180 Å². The normalized spacial score (nSPS) is 12.7. The lowest BCUT2D eigenvalue weighted by molar-refractivity contribution is -0.141. The van der Waals surface area contributed by atoms with Crippen molar-refractivity contribution in [2.24, 2.45) is 0 Å². The lowest BCUT2D eigenvalue weighted by Gasteiger charge is -2.14. The van der Waals surface area contributed by atoms with Crippen LogP contribution in [0.15, 0.2) is 59.9 Å². The minimum absolute atomic E-state index is 0.0619. The zero-order valence-electron chi connectivity index (χ0n) is 16.2. The van der Waals surface area contributed by atoms with Crippen LogP contribution in [0, 0.1) is 0 Å². The molecular weight excluding hydrogens is 431 g/mol. The third-order valence-electron chi connectivity index (χ3n) is 4.48. The number of fused-ring (bicyclic) bond motifs is 1. The van der Waals surface area contributed by atoms with E-state index in [1.807, 2.05) is 6.07 Å². The Kier molecular flexibility index (Phi) is 6.08. The predicted molar refractivity (Wildman–Crippen MR) is 109 cm³/mol. The van der Waals surface area contributed by atoms with Gasteiger partial charge in [-0.1, -0.05) is 48.2 Å². The van der Waals surface area contributed by atoms with E-state index in [4.69, 9.17) is 9.47 Å². The number of amides is 1. The van der Waals surface area contributed by atoms with E-state index in [1.165, 1.54) is 6.20 Å². The fourth-order valence-electron chi connectivity index (χ4n) is 3.08. The first-order valence-corrected chi connectivity index (χ1v) is 10.3. The molecule has 0 aliphatic carbocycles. The van der Waals surface area contributed by atoms with E-state index in [0.717, 1.165) is 21.9 Å². The minimum Gasteiger partial charge on any atom is -0.454 e. The first kappa shape index (κ1) is 21.1. The highest BCUT2D eigenvalue weighted by Crippen LogP contribution is 2.32. The van der Waals surface area contributed by atoms with Crippen LogP contribution in [-0.4, -0.2) is 34.2 Å². The van der Waals surface area contributed by atoms with Gasteiger partial charge in [0, 0.05) is 6.54 Å². The molecule has 2 heterocycles. The number of nitrogens with one attached hydrogen (secondary N) is 1. The van der Waals surface area contributed by atoms with Crippen LogP contribution in [-0.2, 0) is 17.9 Å². The van der Waals surface area contributed by atoms with Crippen molar-refractivity contribution in [1.82, 2.24) is 14.9 Å². The van der Waals surface area contributed by atoms with Gasteiger partial charge in [-0.15, -0.1) is 0 Å². The molecule has 0 bridgehead atoms. The second kappa shape index (κ2) is 8.93. The molecule has 1 N–H and O–H groups in total. The van der Waals surface area contributed by atoms with Crippen LogP contribution in [0.3, 0.4) is 0 Å². The molecule has 0 atom stereocenters. The van der Waals surface area contributed by atoms with E-state index < -0.39 is 12.7 Å². The second-order valence-electron chi connectivity index (χ2n) is 6.75. The predicted octanol–water partition coefficient (Wildman–Crippen LogP) is 4.25. The smallest absolute Gasteiger partial charge is 0.406 e. The molecule has 0 spiro atoms. The van der Waals surface area contributed by atoms with Crippen LogP contribution in [0.1, 0.15) is 5.56 Å². The molecule has 10 heteroatoms. The third-order valence-corrected chi connectivity index (χ3v) is 5.48. The van der Waals surface area contributed by atoms with Gasteiger partial charge < -0.3 is 19.4 Å². The van der Waals surface area contributed by atoms with Gasteiger partial charge in [0.2, 0.25) is 12.7 Å². The number of carbonyl (C=O) groups excluding carboxylic acids is 1. The van der Waals surface area contributed by atoms with Crippen molar-refractivity contribution in [1.29, 1.82) is 0 Å². The number of benzene rings is 2. The van der Waals surface area contributed by atoms with Crippen molar-refractivity contribution < 1.29 is 27.4 Å². The third kappa shape index (κ3) is 5.32. The number of hydrogen-bond acceptors (Lipinski definition) is 5. The summed E-state index contributed by atoms with van der Waals surface area (Å²) in [5.74, 6) is 0.888. The number of rotatable bonds is 7. The standard InChI is InChI=1S/C21H18F3N3O3S/c22-21(23,24)12-27-16(15-4-2-1-3-5-15)10-26-20(27)31-11-19(28)25-9-14-6-7-17-18(8-14)30-13-29-17/h1-8,10H,9,11-13H2,(H,25,28). The van der Waals surface area contributed by atoms with Gasteiger partial charge in [0.15, 0.2) is 16.7 Å². The number of hydrogen-bond donors (Lipinski definition) is 1. The van der Waals surface area contributed by atoms with Crippen LogP contribution in [0.2, 0.25) is 0 Å². The number of nitrogens with zero attached hydrogens (tertiary/aromatic N) is 2. The Hall–Kier alpha value is -3.14. The lowest BCUT2D eigenvalue weighted by atomic mass is 10.2. The van der Waals surface area contributed by atoms with Gasteiger partial charge in [0.1, 0.15) is 6.54 Å². The molecule has 0 fully saturated rings. The number of carbonyl (C=O) groups is 1. The van der Waals surface area contributed by atoms with Gasteiger partial charge in [-0.25, -0.2) is 4.98 Å². The largest absolute Gasteiger partial charge is 0.454 e. The first-order chi connectivity index (χ1) is 14.9. The van der Waals surface area contributed by atoms with Gasteiger partial charge in [-0.2, -0.15) is 13.2 Å². The SMILES string of the molecule is O=C(CSc1ncc(-c2ccccc2)n1CC(F)(F)F)NCc1ccc2c(c1)OCO2. The maximum Gasteiger partial charge on any atom is 0.406 e. The van der Waals surface area contributed by atoms with Gasteiger partial charge in [0.25, 0.3) is 0 Å². The molecule has 1 aliphatic heterocycles. The highest BCUT2D eigenvalue weighted by molar-refractivity contribution is 7.99. The topological polar surface area (TPSA) is 65.4 Å². The molecule has 31 heavy (non-hydrogen) atoms. The quantitative estimate of drug-likeness (QED) is 0.547. The Morgan fingerprint density at radius 3 is 2.68 bits per heavy atom. The van der Waals surface area contributed by atoms with Crippen LogP contribution in [0.5, 0.6) is 11.5 Å². The molecular formula is C21H18F3N3O3S. The highest BCUT2D eigenvalue weighted by atomic mass is 32.2. The van der Waals surface area contributed by atoms with Crippen molar-refractivity contribution in [2.75, 3.05) is 12.5 Å². The molecule has 4 rings (SSSR count). The molecule has 2 aromatic carbocycles. The van der Waals surface area contributed by atoms with Crippen LogP contribution < -0.4 is 14.8 Å². The van der Waals surface area contributed by atoms with E-state index in [1.54, 1.807) is 42.5 Å². The fourth-order valence-corrected chi connectivity index (χ4v) is 3.89. The van der Waals surface area contributed by atoms with Gasteiger partial charge in [0.05, 0.1) is 17.6 Å². The van der Waals surface area contributed by atoms with Crippen LogP contribution in [0.4, 0.5) is 13.2 Å². The first-order valence-electron chi connectivity index (χ1n) is 9.35. The summed E-state index contributed by atoms with van der Waals surface area (Å²) < 4.78 is 51.1. The van der Waals surface area contributed by atoms with Gasteiger partial charge >= 0.3 is 6.18 Å². The number of halogens is 3. The number of aromatic nitrogens is 2. The summed E-state index contributed by atoms with van der Waals surface area (Å²) in [5.41, 5.74) is 1.80. The summed E-state index contributed by atoms with van der Waals surface area (Å²) in [4.78, 5) is 16.4. The molecule has 0 unspecified atom stereocenters. The minimum atomic E-state index is -4.42. The Balaban J connectivity index is 1.40. The molecule has 162 valence electrons. The zero-order valence-corrected chi connectivity index (χ0v) is 17.0. The average Bonchev–Trinajstić information content (AvgIpc) is 3.36. The summed E-state index contributed by atoms with van der Waals surface area (Å²) >= 11 is 0.962. The van der Waals surface area contributed by atoms with Crippen molar-refractivity contribution in [3.63, 3.8) is 0 Å². The summed E-state index contributed by atoms with van der Waals surface area (Å²) in [7, 11) is 0. The number of thioether (sulfide) groups is 1. The highest BCUT2D eigenvalue weighted by Gasteiger charge is 2.31. The van der Waals surface area contributed by atoms with E-state index in [9.17, 15) is 18.0 Å². The Morgan fingerprint density at radius 2 is 1.90 bits per heavy atom. The van der Waals surface area contributed by atoms with Crippen molar-refractivity contribution >= 4 is 17.7 Å². The lowest BCUT2D eigenvalue weighted by Crippen LogP contribution is -2.25. The van der Waals surface area contributed by atoms with Crippen molar-refractivity contribution in [2.45, 2.75) is 24.4 Å². The van der Waals surface area contributed by atoms with E-state index >= 15 is 0 Å². The van der Waals surface area contributed by atoms with Crippen molar-refractivity contribution in [3.8, 4) is 22.8 Å². The number of imidazole rings is 1. The van der Waals surface area contributed by atoms with Crippen LogP contribution in [0.25, 0.3) is 11.3 Å². The second-order valence-corrected chi connectivity index (χ2v) is 7.69. The van der Waals surface area contributed by atoms with Crippen molar-refractivity contribution in [3.05, 3.63) is 60.3 Å². The molecule has 0 radical (unpaired) electrons. The molecule has 1 amide bonds. The van der Waals surface area contributed by atoms with Gasteiger partial charge in [-0.05, 0) is 23.3 Å². The Morgan fingerprint density at radius 1 is 1.13 bits per heavy atom. The summed E-state index contributed by atoms with van der Waals surface area (Å²) in [6, 6.07) is 14.1. The van der Waals surface area contributed by atoms with E-state index in [-0.39, 0.29) is 30.2 Å². The molecule has 0 saturated carbocycles.